The standard InChI is InChI=1S/C20H28O2/c1-12-17-11-14-7-9-15-13(5-4-10-21)6-8-16(18(12)22)20(15,17)19(14,2)3/h6,8,13-16,21H,4-5,7,9-11H2,1-3H3/t13-,14-,15+,16-,20-/m1/s1. The van der Waals surface area contributed by atoms with Crippen molar-refractivity contribution in [2.24, 2.45) is 34.5 Å². The van der Waals surface area contributed by atoms with Gasteiger partial charge in [0.25, 0.3) is 0 Å². The summed E-state index contributed by atoms with van der Waals surface area (Å²) in [5.74, 6) is 2.37. The second-order valence-corrected chi connectivity index (χ2v) is 8.54. The summed E-state index contributed by atoms with van der Waals surface area (Å²) >= 11 is 0. The Bertz CT molecular complexity index is 583. The molecule has 0 aromatic carbocycles. The molecule has 2 nitrogen and oxygen atoms in total. The summed E-state index contributed by atoms with van der Waals surface area (Å²) < 4.78 is 0. The van der Waals surface area contributed by atoms with Crippen LogP contribution in [0.25, 0.3) is 0 Å². The summed E-state index contributed by atoms with van der Waals surface area (Å²) in [6.07, 6.45) is 10.2. The Morgan fingerprint density at radius 3 is 2.77 bits per heavy atom. The highest BCUT2D eigenvalue weighted by Crippen LogP contribution is 2.76. The monoisotopic (exact) mass is 300 g/mol. The highest BCUT2D eigenvalue weighted by Gasteiger charge is 2.71. The molecule has 2 bridgehead atoms. The summed E-state index contributed by atoms with van der Waals surface area (Å²) in [7, 11) is 0. The Morgan fingerprint density at radius 1 is 1.27 bits per heavy atom. The topological polar surface area (TPSA) is 37.3 Å². The summed E-state index contributed by atoms with van der Waals surface area (Å²) in [5.41, 5.74) is 2.91. The first kappa shape index (κ1) is 14.7. The van der Waals surface area contributed by atoms with E-state index < -0.39 is 0 Å². The highest BCUT2D eigenvalue weighted by molar-refractivity contribution is 6.03. The zero-order valence-electron chi connectivity index (χ0n) is 14.1. The van der Waals surface area contributed by atoms with E-state index in [-0.39, 0.29) is 23.4 Å². The van der Waals surface area contributed by atoms with Gasteiger partial charge in [-0.1, -0.05) is 31.6 Å². The van der Waals surface area contributed by atoms with Crippen LogP contribution in [0.4, 0.5) is 0 Å². The van der Waals surface area contributed by atoms with Crippen LogP contribution in [-0.2, 0) is 4.79 Å². The molecule has 4 aliphatic rings. The third-order valence-electron chi connectivity index (χ3n) is 7.81. The molecular formula is C20H28O2. The van der Waals surface area contributed by atoms with E-state index in [1.807, 2.05) is 0 Å². The molecule has 5 atom stereocenters. The fraction of sp³-hybridized carbons (Fsp3) is 0.750. The minimum absolute atomic E-state index is 0.0892. The quantitative estimate of drug-likeness (QED) is 0.803. The number of aliphatic hydroxyl groups excluding tert-OH is 1. The zero-order valence-corrected chi connectivity index (χ0v) is 14.1. The fourth-order valence-electron chi connectivity index (χ4n) is 6.84. The number of carbonyl (C=O) groups excluding carboxylic acids is 1. The third kappa shape index (κ3) is 1.43. The fourth-order valence-corrected chi connectivity index (χ4v) is 6.84. The van der Waals surface area contributed by atoms with E-state index in [4.69, 9.17) is 0 Å². The molecule has 2 heteroatoms. The molecule has 0 saturated heterocycles. The van der Waals surface area contributed by atoms with Gasteiger partial charge in [-0.05, 0) is 67.8 Å². The molecule has 1 N–H and O–H groups in total. The number of hydrogen-bond acceptors (Lipinski definition) is 2. The van der Waals surface area contributed by atoms with Gasteiger partial charge in [0, 0.05) is 12.0 Å². The lowest BCUT2D eigenvalue weighted by molar-refractivity contribution is -0.128. The van der Waals surface area contributed by atoms with Crippen LogP contribution in [0.15, 0.2) is 23.3 Å². The minimum atomic E-state index is 0.0892. The number of rotatable bonds is 3. The van der Waals surface area contributed by atoms with Gasteiger partial charge in [-0.3, -0.25) is 4.79 Å². The van der Waals surface area contributed by atoms with Crippen molar-refractivity contribution in [3.63, 3.8) is 0 Å². The second-order valence-electron chi connectivity index (χ2n) is 8.54. The Kier molecular flexibility index (Phi) is 3.05. The maximum absolute atomic E-state index is 12.9. The first-order valence-electron chi connectivity index (χ1n) is 8.99. The van der Waals surface area contributed by atoms with Gasteiger partial charge >= 0.3 is 0 Å². The lowest BCUT2D eigenvalue weighted by Crippen LogP contribution is -2.54. The lowest BCUT2D eigenvalue weighted by atomic mass is 9.45. The van der Waals surface area contributed by atoms with Crippen molar-refractivity contribution in [2.75, 3.05) is 6.61 Å². The van der Waals surface area contributed by atoms with Gasteiger partial charge in [0.2, 0.25) is 0 Å². The molecule has 4 aliphatic carbocycles. The SMILES string of the molecule is CC1=C2C[C@H]3CC[C@H]4[C@H](CCCO)C=C[C@H](C1=O)[C@@]24C3(C)C. The molecule has 0 aliphatic heterocycles. The van der Waals surface area contributed by atoms with Crippen molar-refractivity contribution in [1.29, 1.82) is 0 Å². The average Bonchev–Trinajstić information content (AvgIpc) is 2.76. The molecule has 0 radical (unpaired) electrons. The van der Waals surface area contributed by atoms with Gasteiger partial charge in [0.1, 0.15) is 0 Å². The van der Waals surface area contributed by atoms with E-state index in [0.717, 1.165) is 30.8 Å². The van der Waals surface area contributed by atoms with Crippen LogP contribution in [-0.4, -0.2) is 17.5 Å². The van der Waals surface area contributed by atoms with Crippen LogP contribution < -0.4 is 0 Å². The molecule has 0 aromatic rings. The molecule has 22 heavy (non-hydrogen) atoms. The van der Waals surface area contributed by atoms with Gasteiger partial charge in [-0.15, -0.1) is 0 Å². The Labute approximate surface area is 133 Å². The largest absolute Gasteiger partial charge is 0.396 e. The van der Waals surface area contributed by atoms with Crippen LogP contribution >= 0.6 is 0 Å². The number of aliphatic hydroxyl groups is 1. The molecular weight excluding hydrogens is 272 g/mol. The van der Waals surface area contributed by atoms with Gasteiger partial charge < -0.3 is 5.11 Å². The maximum Gasteiger partial charge on any atom is 0.166 e. The summed E-state index contributed by atoms with van der Waals surface area (Å²) in [6, 6.07) is 0. The van der Waals surface area contributed by atoms with Crippen molar-refractivity contribution in [2.45, 2.75) is 52.9 Å². The molecule has 0 unspecified atom stereocenters. The molecule has 1 spiro atoms. The van der Waals surface area contributed by atoms with Crippen LogP contribution in [0.2, 0.25) is 0 Å². The van der Waals surface area contributed by atoms with E-state index in [0.29, 0.717) is 17.6 Å². The molecule has 4 rings (SSSR count). The number of fused-ring (bicyclic) bond motifs is 1. The van der Waals surface area contributed by atoms with E-state index in [1.165, 1.54) is 18.4 Å². The molecule has 0 amide bonds. The van der Waals surface area contributed by atoms with Crippen LogP contribution in [0.1, 0.15) is 52.9 Å². The van der Waals surface area contributed by atoms with Gasteiger partial charge in [0.15, 0.2) is 5.78 Å². The summed E-state index contributed by atoms with van der Waals surface area (Å²) in [5, 5.41) is 9.24. The first-order valence-corrected chi connectivity index (χ1v) is 8.99. The Hall–Kier alpha value is -0.890. The van der Waals surface area contributed by atoms with Crippen molar-refractivity contribution in [3.05, 3.63) is 23.3 Å². The second kappa shape index (κ2) is 4.56. The number of carbonyl (C=O) groups is 1. The zero-order chi connectivity index (χ0) is 15.7. The smallest absolute Gasteiger partial charge is 0.166 e. The van der Waals surface area contributed by atoms with Crippen molar-refractivity contribution < 1.29 is 9.90 Å². The maximum atomic E-state index is 12.9. The number of ketones is 1. The Morgan fingerprint density at radius 2 is 2.05 bits per heavy atom. The first-order chi connectivity index (χ1) is 10.5. The van der Waals surface area contributed by atoms with E-state index in [2.05, 4.69) is 32.9 Å². The van der Waals surface area contributed by atoms with E-state index in [1.54, 1.807) is 0 Å². The van der Waals surface area contributed by atoms with Crippen LogP contribution in [0, 0.1) is 34.5 Å². The molecule has 0 aromatic heterocycles. The van der Waals surface area contributed by atoms with E-state index >= 15 is 0 Å². The van der Waals surface area contributed by atoms with Crippen molar-refractivity contribution >= 4 is 5.78 Å². The van der Waals surface area contributed by atoms with Crippen LogP contribution in [0.5, 0.6) is 0 Å². The Balaban J connectivity index is 1.88. The average molecular weight is 300 g/mol. The van der Waals surface area contributed by atoms with E-state index in [9.17, 15) is 9.90 Å². The molecule has 2 fully saturated rings. The summed E-state index contributed by atoms with van der Waals surface area (Å²) in [4.78, 5) is 12.9. The van der Waals surface area contributed by atoms with Crippen molar-refractivity contribution in [1.82, 2.24) is 0 Å². The normalized spacial score (nSPS) is 44.6. The summed E-state index contributed by atoms with van der Waals surface area (Å²) in [6.45, 7) is 7.21. The predicted octanol–water partition coefficient (Wildman–Crippen LogP) is 3.90. The number of Topliss-reactive ketones (excluding diaryl/α,β-unsaturated/α-hetero) is 1. The van der Waals surface area contributed by atoms with Crippen molar-refractivity contribution in [3.8, 4) is 0 Å². The number of allylic oxidation sites excluding steroid dienone is 4. The third-order valence-corrected chi connectivity index (χ3v) is 7.81. The van der Waals surface area contributed by atoms with Gasteiger partial charge in [-0.2, -0.15) is 0 Å². The van der Waals surface area contributed by atoms with Crippen LogP contribution in [0.3, 0.4) is 0 Å². The predicted molar refractivity (Wildman–Crippen MR) is 87.2 cm³/mol. The molecule has 0 heterocycles. The van der Waals surface area contributed by atoms with Gasteiger partial charge in [0.05, 0.1) is 5.92 Å². The molecule has 2 saturated carbocycles. The van der Waals surface area contributed by atoms with Gasteiger partial charge in [-0.25, -0.2) is 0 Å². The number of hydrogen-bond donors (Lipinski definition) is 1. The molecule has 120 valence electrons. The minimum Gasteiger partial charge on any atom is -0.396 e. The lowest BCUT2D eigenvalue weighted by Gasteiger charge is -2.58. The highest BCUT2D eigenvalue weighted by atomic mass is 16.2.